The van der Waals surface area contributed by atoms with Crippen LogP contribution in [0.2, 0.25) is 0 Å². The Morgan fingerprint density at radius 1 is 0.609 bits per heavy atom. The van der Waals surface area contributed by atoms with Gasteiger partial charge in [-0.3, -0.25) is 0 Å². The van der Waals surface area contributed by atoms with Gasteiger partial charge in [-0.1, -0.05) is 228 Å². The minimum Gasteiger partial charge on any atom is -0.309 e. The van der Waals surface area contributed by atoms with Crippen LogP contribution in [0.15, 0.2) is 248 Å². The average Bonchev–Trinajstić information content (AvgIpc) is 3.72. The lowest BCUT2D eigenvalue weighted by molar-refractivity contribution is 1.23. The van der Waals surface area contributed by atoms with E-state index in [1.807, 2.05) is 65.0 Å². The summed E-state index contributed by atoms with van der Waals surface area (Å²) in [5, 5.41) is 4.78. The van der Waals surface area contributed by atoms with E-state index in [-0.39, 0.29) is 0 Å². The third-order valence-corrected chi connectivity index (χ3v) is 11.7. The molecule has 1 aliphatic rings. The van der Waals surface area contributed by atoms with Crippen molar-refractivity contribution in [2.45, 2.75) is 69.2 Å². The second kappa shape index (κ2) is 26.4. The first-order chi connectivity index (χ1) is 33.8. The number of aromatic nitrogens is 1. The van der Waals surface area contributed by atoms with E-state index < -0.39 is 0 Å². The first-order valence-corrected chi connectivity index (χ1v) is 24.3. The summed E-state index contributed by atoms with van der Waals surface area (Å²) in [6.45, 7) is 29.2. The summed E-state index contributed by atoms with van der Waals surface area (Å²) in [5.74, 6) is 0. The molecule has 0 radical (unpaired) electrons. The number of hydrogen-bond acceptors (Lipinski definition) is 0. The number of benzene rings is 6. The number of nitrogens with zero attached hydrogens (tertiary/aromatic N) is 1. The van der Waals surface area contributed by atoms with Crippen LogP contribution in [0.1, 0.15) is 88.8 Å². The van der Waals surface area contributed by atoms with Crippen molar-refractivity contribution in [1.82, 2.24) is 4.57 Å². The fraction of sp³-hybridized carbons (Fsp3) is 0.147. The molecular formula is C68H69N. The topological polar surface area (TPSA) is 4.93 Å². The van der Waals surface area contributed by atoms with E-state index in [1.165, 1.54) is 54.9 Å². The maximum Gasteiger partial charge on any atom is 0.0625 e. The number of para-hydroxylation sites is 1. The lowest BCUT2D eigenvalue weighted by Gasteiger charge is -2.16. The Balaban J connectivity index is 0.000000420. The van der Waals surface area contributed by atoms with E-state index in [1.54, 1.807) is 0 Å². The number of hydrogen-bond donors (Lipinski definition) is 0. The Labute approximate surface area is 414 Å². The molecule has 0 unspecified atom stereocenters. The quantitative estimate of drug-likeness (QED) is 0.0851. The number of allylic oxidation sites excluding steroid dienone is 20. The number of aryl methyl sites for hydroxylation is 2. The van der Waals surface area contributed by atoms with Crippen LogP contribution in [-0.4, -0.2) is 4.57 Å². The lowest BCUT2D eigenvalue weighted by atomic mass is 9.92. The van der Waals surface area contributed by atoms with Crippen LogP contribution in [0, 0.1) is 13.8 Å². The minimum absolute atomic E-state index is 0.949. The van der Waals surface area contributed by atoms with E-state index in [9.17, 15) is 0 Å². The maximum atomic E-state index is 4.83. The fourth-order valence-corrected chi connectivity index (χ4v) is 8.41. The highest BCUT2D eigenvalue weighted by Crippen LogP contribution is 2.42. The average molecular weight is 900 g/mol. The van der Waals surface area contributed by atoms with Gasteiger partial charge in [0.2, 0.25) is 0 Å². The summed E-state index contributed by atoms with van der Waals surface area (Å²) < 4.78 is 2.42. The first kappa shape index (κ1) is 52.1. The van der Waals surface area contributed by atoms with Crippen LogP contribution in [0.5, 0.6) is 0 Å². The van der Waals surface area contributed by atoms with Crippen LogP contribution in [-0.2, 0) is 0 Å². The van der Waals surface area contributed by atoms with Gasteiger partial charge in [0.05, 0.1) is 11.0 Å². The monoisotopic (exact) mass is 900 g/mol. The van der Waals surface area contributed by atoms with Crippen molar-refractivity contribution in [3.05, 3.63) is 282 Å². The third-order valence-electron chi connectivity index (χ3n) is 11.7. The minimum atomic E-state index is 0.949. The van der Waals surface area contributed by atoms with Gasteiger partial charge < -0.3 is 4.57 Å². The number of fused-ring (bicyclic) bond motifs is 4. The Morgan fingerprint density at radius 2 is 1.26 bits per heavy atom. The van der Waals surface area contributed by atoms with Crippen LogP contribution in [0.4, 0.5) is 0 Å². The summed E-state index contributed by atoms with van der Waals surface area (Å²) in [6.07, 6.45) is 27.3. The van der Waals surface area contributed by atoms with Crippen molar-refractivity contribution in [2.24, 2.45) is 0 Å². The van der Waals surface area contributed by atoms with Gasteiger partial charge in [0.1, 0.15) is 0 Å². The van der Waals surface area contributed by atoms with Gasteiger partial charge in [0, 0.05) is 22.0 Å². The van der Waals surface area contributed by atoms with E-state index in [0.717, 1.165) is 50.1 Å². The molecule has 6 aromatic carbocycles. The van der Waals surface area contributed by atoms with Gasteiger partial charge >= 0.3 is 0 Å². The van der Waals surface area contributed by atoms with Crippen molar-refractivity contribution in [1.29, 1.82) is 0 Å². The molecule has 1 nitrogen and oxygen atoms in total. The summed E-state index contributed by atoms with van der Waals surface area (Å²) in [6, 6.07) is 47.4. The van der Waals surface area contributed by atoms with Gasteiger partial charge in [-0.2, -0.15) is 0 Å². The zero-order valence-corrected chi connectivity index (χ0v) is 42.6. The third kappa shape index (κ3) is 12.7. The molecule has 0 amide bonds. The predicted molar refractivity (Wildman–Crippen MR) is 309 cm³/mol. The smallest absolute Gasteiger partial charge is 0.0625 e. The lowest BCUT2D eigenvalue weighted by Crippen LogP contribution is -1.99. The molecule has 0 atom stereocenters. The summed E-state index contributed by atoms with van der Waals surface area (Å²) in [7, 11) is 0. The molecule has 1 aromatic heterocycles. The largest absolute Gasteiger partial charge is 0.309 e. The molecule has 1 heteroatoms. The van der Waals surface area contributed by atoms with Gasteiger partial charge in [-0.05, 0) is 151 Å². The van der Waals surface area contributed by atoms with Gasteiger partial charge in [-0.25, -0.2) is 0 Å². The Kier molecular flexibility index (Phi) is 19.9. The molecule has 1 aliphatic carbocycles. The molecule has 0 fully saturated rings. The molecule has 69 heavy (non-hydrogen) atoms. The highest BCUT2D eigenvalue weighted by atomic mass is 15.0. The van der Waals surface area contributed by atoms with E-state index in [0.29, 0.717) is 0 Å². The highest BCUT2D eigenvalue weighted by Gasteiger charge is 2.20. The Hall–Kier alpha value is -7.92. The van der Waals surface area contributed by atoms with Crippen LogP contribution < -0.4 is 0 Å². The molecule has 0 spiro atoms. The van der Waals surface area contributed by atoms with Gasteiger partial charge in [0.15, 0.2) is 0 Å². The van der Waals surface area contributed by atoms with E-state index in [4.69, 9.17) is 6.58 Å². The van der Waals surface area contributed by atoms with Crippen LogP contribution in [0.3, 0.4) is 0 Å². The van der Waals surface area contributed by atoms with E-state index >= 15 is 0 Å². The molecule has 0 bridgehead atoms. The summed E-state index contributed by atoms with van der Waals surface area (Å²) >= 11 is 0. The molecule has 7 aromatic rings. The zero-order valence-electron chi connectivity index (χ0n) is 42.6. The molecule has 1 heterocycles. The number of rotatable bonds is 12. The fourth-order valence-electron chi connectivity index (χ4n) is 8.41. The standard InChI is InChI=1S/C50H41N.C14H16.2C2H6/c1-6-38(44-26-16-14-20-35(44)3)30-31-43(7-2)51-48-29-19-18-28-46(48)47-34-41-25-15-17-27-45(41)49(50(47)51)37(5)33-42(40-23-12-9-13-24-40)32-36(4)39-21-10-8-11-22-39;1-4-6-13(7-5-2)14-10-8-12(3)9-11-14;2*1-2/h6-7,9-10,12-34H,5H2,1-4H3;4-11H,1H2,2-3H3;2*1-2H3/b31-30-,36-32+,38-6-,42-33+,43-7+;7-5-,13-6+;;. The molecule has 0 saturated carbocycles. The molecule has 346 valence electrons. The Bertz CT molecular complexity index is 3270. The zero-order chi connectivity index (χ0) is 49.7. The van der Waals surface area contributed by atoms with Crippen molar-refractivity contribution >= 4 is 60.6 Å². The molecule has 0 aliphatic heterocycles. The van der Waals surface area contributed by atoms with Crippen molar-refractivity contribution < 1.29 is 0 Å². The Morgan fingerprint density at radius 3 is 1.91 bits per heavy atom. The predicted octanol–water partition coefficient (Wildman–Crippen LogP) is 19.8. The molecule has 0 saturated heterocycles. The first-order valence-electron chi connectivity index (χ1n) is 24.3. The van der Waals surface area contributed by atoms with Gasteiger partial charge in [0.25, 0.3) is 0 Å². The SMILES string of the molecule is C=C(/C=C(\C=C(/C)C1=CC=C=C=C1)c1ccccc1)c1c2ccccc2cc2c3ccccc3n(C(/C=C\C(=C\C)c3ccccc3C)=C/C)c12.C=C/C=C(\C=C/C)c1ccc(C)cc1.CC.CC. The second-order valence-electron chi connectivity index (χ2n) is 16.1. The maximum absolute atomic E-state index is 4.83. The summed E-state index contributed by atoms with van der Waals surface area (Å²) in [4.78, 5) is 0. The van der Waals surface area contributed by atoms with Gasteiger partial charge in [-0.15, -0.1) is 0 Å². The molecule has 0 N–H and O–H groups in total. The van der Waals surface area contributed by atoms with E-state index in [2.05, 4.69) is 239 Å². The second-order valence-corrected chi connectivity index (χ2v) is 16.1. The van der Waals surface area contributed by atoms with Crippen molar-refractivity contribution in [2.75, 3.05) is 0 Å². The van der Waals surface area contributed by atoms with Crippen molar-refractivity contribution in [3.8, 4) is 0 Å². The normalized spacial score (nSPS) is 13.0. The molecular weight excluding hydrogens is 831 g/mol. The van der Waals surface area contributed by atoms with Crippen LogP contribution in [0.25, 0.3) is 60.6 Å². The highest BCUT2D eigenvalue weighted by molar-refractivity contribution is 6.20. The molecule has 8 rings (SSSR count). The van der Waals surface area contributed by atoms with Crippen molar-refractivity contribution in [3.63, 3.8) is 0 Å². The van der Waals surface area contributed by atoms with Crippen LogP contribution >= 0.6 is 0 Å². The summed E-state index contributed by atoms with van der Waals surface area (Å²) in [5.41, 5.74) is 23.5.